The van der Waals surface area contributed by atoms with Gasteiger partial charge < -0.3 is 29.7 Å². The van der Waals surface area contributed by atoms with Gasteiger partial charge >= 0.3 is 13.1 Å². The fourth-order valence-electron chi connectivity index (χ4n) is 4.29. The predicted octanol–water partition coefficient (Wildman–Crippen LogP) is -0.316. The fourth-order valence-corrected chi connectivity index (χ4v) is 4.29. The van der Waals surface area contributed by atoms with Crippen LogP contribution in [0.4, 0.5) is 0 Å². The summed E-state index contributed by atoms with van der Waals surface area (Å²) in [6.07, 6.45) is 0.826. The van der Waals surface area contributed by atoms with E-state index in [2.05, 4.69) is 10.2 Å². The van der Waals surface area contributed by atoms with Gasteiger partial charge in [-0.25, -0.2) is 4.79 Å². The topological polar surface area (TPSA) is 112 Å². The molecule has 0 radical (unpaired) electrons. The summed E-state index contributed by atoms with van der Waals surface area (Å²) in [5.41, 5.74) is 0.0895. The number of fused-ring (bicyclic) bond motifs is 1. The zero-order valence-electron chi connectivity index (χ0n) is 16.7. The number of hydrogen-bond acceptors (Lipinski definition) is 7. The van der Waals surface area contributed by atoms with Gasteiger partial charge in [-0.1, -0.05) is 6.07 Å². The molecule has 1 aromatic rings. The summed E-state index contributed by atoms with van der Waals surface area (Å²) in [7, 11) is 0.806. The molecule has 0 bridgehead atoms. The molecule has 1 amide bonds. The Morgan fingerprint density at radius 3 is 2.93 bits per heavy atom. The molecule has 0 aromatic heterocycles. The molecule has 1 atom stereocenters. The predicted molar refractivity (Wildman–Crippen MR) is 105 cm³/mol. The number of carbonyl (C=O) groups excluding carboxylic acids is 1. The molecule has 0 unspecified atom stereocenters. The maximum atomic E-state index is 12.5. The van der Waals surface area contributed by atoms with Gasteiger partial charge in [-0.2, -0.15) is 0 Å². The Morgan fingerprint density at radius 1 is 1.45 bits per heavy atom. The van der Waals surface area contributed by atoms with Crippen LogP contribution in [0, 0.1) is 0 Å². The van der Waals surface area contributed by atoms with Crippen LogP contribution < -0.4 is 14.7 Å². The van der Waals surface area contributed by atoms with Crippen molar-refractivity contribution in [1.82, 2.24) is 15.1 Å². The van der Waals surface area contributed by atoms with Crippen molar-refractivity contribution in [3.63, 3.8) is 0 Å². The molecule has 3 aliphatic heterocycles. The van der Waals surface area contributed by atoms with E-state index >= 15 is 0 Å². The molecule has 10 heteroatoms. The number of rotatable bonds is 5. The van der Waals surface area contributed by atoms with E-state index in [9.17, 15) is 19.7 Å². The Hall–Kier alpha value is -2.30. The summed E-state index contributed by atoms with van der Waals surface area (Å²) in [6.45, 7) is 5.15. The highest BCUT2D eigenvalue weighted by Gasteiger charge is 2.43. The average Bonchev–Trinajstić information content (AvgIpc) is 2.63. The standard InChI is InChI=1S/C19H26BN3O6/c1-19(18(26)22(2)8-7-21-19)11-23-9-13(10-23)28-14-4-3-12-5-6-20(27)29-16(12)15(14)17(24)25/h3-4,13,21,27H,5-11H2,1-2H3,(H,24,25)/t19-/m1/s1. The van der Waals surface area contributed by atoms with Gasteiger partial charge in [0.1, 0.15) is 28.7 Å². The summed E-state index contributed by atoms with van der Waals surface area (Å²) in [5.74, 6) is -0.633. The van der Waals surface area contributed by atoms with Gasteiger partial charge in [0.05, 0.1) is 0 Å². The van der Waals surface area contributed by atoms with Crippen molar-refractivity contribution >= 4 is 19.0 Å². The summed E-state index contributed by atoms with van der Waals surface area (Å²) in [5, 5.41) is 22.7. The lowest BCUT2D eigenvalue weighted by Crippen LogP contribution is -2.69. The van der Waals surface area contributed by atoms with Crippen LogP contribution in [-0.4, -0.2) is 90.3 Å². The molecule has 3 aliphatic rings. The van der Waals surface area contributed by atoms with Gasteiger partial charge in [0.25, 0.3) is 0 Å². The van der Waals surface area contributed by atoms with Crippen molar-refractivity contribution in [2.45, 2.75) is 31.3 Å². The molecule has 1 aromatic carbocycles. The monoisotopic (exact) mass is 403 g/mol. The summed E-state index contributed by atoms with van der Waals surface area (Å²) < 4.78 is 11.3. The van der Waals surface area contributed by atoms with Crippen molar-refractivity contribution in [2.75, 3.05) is 39.8 Å². The van der Waals surface area contributed by atoms with Crippen LogP contribution in [0.1, 0.15) is 22.8 Å². The lowest BCUT2D eigenvalue weighted by atomic mass is 9.78. The van der Waals surface area contributed by atoms with Gasteiger partial charge in [0.15, 0.2) is 0 Å². The zero-order chi connectivity index (χ0) is 20.8. The zero-order valence-corrected chi connectivity index (χ0v) is 16.7. The van der Waals surface area contributed by atoms with E-state index in [0.717, 1.165) is 12.1 Å². The highest BCUT2D eigenvalue weighted by Crippen LogP contribution is 2.37. The minimum absolute atomic E-state index is 0.0441. The van der Waals surface area contributed by atoms with E-state index in [1.165, 1.54) is 0 Å². The quantitative estimate of drug-likeness (QED) is 0.574. The van der Waals surface area contributed by atoms with Crippen LogP contribution in [0.25, 0.3) is 0 Å². The van der Waals surface area contributed by atoms with Gasteiger partial charge in [0.2, 0.25) is 5.91 Å². The first kappa shape index (κ1) is 20.0. The largest absolute Gasteiger partial charge is 0.535 e. The van der Waals surface area contributed by atoms with Crippen molar-refractivity contribution < 1.29 is 29.1 Å². The Bertz CT molecular complexity index is 830. The molecule has 0 aliphatic carbocycles. The molecule has 3 heterocycles. The molecule has 3 N–H and O–H groups in total. The molecular formula is C19H26BN3O6. The number of aryl methyl sites for hydroxylation is 1. The van der Waals surface area contributed by atoms with Crippen LogP contribution in [0.5, 0.6) is 11.5 Å². The highest BCUT2D eigenvalue weighted by molar-refractivity contribution is 6.44. The second kappa shape index (κ2) is 7.51. The second-order valence-corrected chi connectivity index (χ2v) is 8.26. The number of likely N-dealkylation sites (tertiary alicyclic amines) is 1. The number of piperazine rings is 1. The third kappa shape index (κ3) is 3.79. The number of amides is 1. The Balaban J connectivity index is 1.41. The number of hydrogen-bond donors (Lipinski definition) is 3. The molecule has 156 valence electrons. The number of carboxylic acids is 1. The lowest BCUT2D eigenvalue weighted by Gasteiger charge is -2.46. The van der Waals surface area contributed by atoms with Crippen LogP contribution >= 0.6 is 0 Å². The highest BCUT2D eigenvalue weighted by atomic mass is 16.5. The smallest absolute Gasteiger partial charge is 0.522 e. The summed E-state index contributed by atoms with van der Waals surface area (Å²) in [6, 6.07) is 3.45. The summed E-state index contributed by atoms with van der Waals surface area (Å²) >= 11 is 0. The first-order valence-corrected chi connectivity index (χ1v) is 9.90. The lowest BCUT2D eigenvalue weighted by molar-refractivity contribution is -0.141. The van der Waals surface area contributed by atoms with E-state index in [0.29, 0.717) is 38.9 Å². The van der Waals surface area contributed by atoms with Crippen LogP contribution in [0.3, 0.4) is 0 Å². The molecular weight excluding hydrogens is 377 g/mol. The number of nitrogens with one attached hydrogen (secondary N) is 1. The van der Waals surface area contributed by atoms with E-state index in [1.807, 2.05) is 14.0 Å². The van der Waals surface area contributed by atoms with Crippen LogP contribution in [0.15, 0.2) is 12.1 Å². The van der Waals surface area contributed by atoms with Gasteiger partial charge in [-0.05, 0) is 31.3 Å². The van der Waals surface area contributed by atoms with Gasteiger partial charge in [-0.15, -0.1) is 0 Å². The number of benzene rings is 1. The van der Waals surface area contributed by atoms with Crippen molar-refractivity contribution in [3.8, 4) is 11.5 Å². The van der Waals surface area contributed by atoms with E-state index in [1.54, 1.807) is 17.0 Å². The summed E-state index contributed by atoms with van der Waals surface area (Å²) in [4.78, 5) is 28.2. The molecule has 9 nitrogen and oxygen atoms in total. The van der Waals surface area contributed by atoms with Crippen LogP contribution in [-0.2, 0) is 11.2 Å². The molecule has 2 fully saturated rings. The maximum Gasteiger partial charge on any atom is 0.522 e. The number of aromatic carboxylic acids is 1. The normalized spacial score (nSPS) is 25.3. The number of carbonyl (C=O) groups is 2. The van der Waals surface area contributed by atoms with Gasteiger partial charge in [0, 0.05) is 39.8 Å². The SMILES string of the molecule is CN1CCN[C@](C)(CN2CC(Oc3ccc4c(c3C(=O)O)OB(O)CC4)C2)C1=O. The second-order valence-electron chi connectivity index (χ2n) is 8.26. The Labute approximate surface area is 169 Å². The van der Waals surface area contributed by atoms with E-state index < -0.39 is 18.6 Å². The Kier molecular flexibility index (Phi) is 5.18. The van der Waals surface area contributed by atoms with Crippen LogP contribution in [0.2, 0.25) is 6.32 Å². The number of likely N-dealkylation sites (N-methyl/N-ethyl adjacent to an activating group) is 1. The van der Waals surface area contributed by atoms with E-state index in [4.69, 9.17) is 9.39 Å². The van der Waals surface area contributed by atoms with Crippen molar-refractivity contribution in [2.24, 2.45) is 0 Å². The first-order valence-electron chi connectivity index (χ1n) is 9.90. The Morgan fingerprint density at radius 2 is 2.21 bits per heavy atom. The third-order valence-electron chi connectivity index (χ3n) is 5.87. The number of carboxylic acid groups (broad SMARTS) is 1. The van der Waals surface area contributed by atoms with Gasteiger partial charge in [-0.3, -0.25) is 9.69 Å². The fraction of sp³-hybridized carbons (Fsp3) is 0.579. The molecule has 29 heavy (non-hydrogen) atoms. The molecule has 0 saturated carbocycles. The molecule has 4 rings (SSSR count). The maximum absolute atomic E-state index is 12.5. The first-order chi connectivity index (χ1) is 13.8. The minimum atomic E-state index is -1.14. The molecule has 2 saturated heterocycles. The van der Waals surface area contributed by atoms with E-state index in [-0.39, 0.29) is 29.1 Å². The number of ether oxygens (including phenoxy) is 1. The molecule has 0 spiro atoms. The third-order valence-corrected chi connectivity index (χ3v) is 5.87. The van der Waals surface area contributed by atoms with Crippen molar-refractivity contribution in [1.29, 1.82) is 0 Å². The van der Waals surface area contributed by atoms with Crippen molar-refractivity contribution in [3.05, 3.63) is 23.3 Å². The minimum Gasteiger partial charge on any atom is -0.535 e. The average molecular weight is 403 g/mol. The number of nitrogens with zero attached hydrogens (tertiary/aromatic N) is 2.